The quantitative estimate of drug-likeness (QED) is 0.697. The number of carbonyl (C=O) groups excluding carboxylic acids is 1. The first kappa shape index (κ1) is 21.1. The molecule has 28 heavy (non-hydrogen) atoms. The fourth-order valence-corrected chi connectivity index (χ4v) is 4.78. The summed E-state index contributed by atoms with van der Waals surface area (Å²) in [6.45, 7) is 3.22. The summed E-state index contributed by atoms with van der Waals surface area (Å²) < 4.78 is 44.4. The molecule has 8 nitrogen and oxygen atoms in total. The van der Waals surface area contributed by atoms with E-state index in [1.54, 1.807) is 0 Å². The topological polar surface area (TPSA) is 91.8 Å². The Labute approximate surface area is 165 Å². The second-order valence-electron chi connectivity index (χ2n) is 7.23. The van der Waals surface area contributed by atoms with Crippen LogP contribution in [0.25, 0.3) is 0 Å². The Balaban J connectivity index is 1.61. The molecule has 10 heteroatoms. The highest BCUT2D eigenvalue weighted by molar-refractivity contribution is 7.88. The summed E-state index contributed by atoms with van der Waals surface area (Å²) in [7, 11) is -3.21. The molecule has 0 saturated carbocycles. The van der Waals surface area contributed by atoms with Gasteiger partial charge >= 0.3 is 0 Å². The summed E-state index contributed by atoms with van der Waals surface area (Å²) >= 11 is 0. The van der Waals surface area contributed by atoms with Crippen LogP contribution in [0.4, 0.5) is 4.39 Å². The van der Waals surface area contributed by atoms with Crippen molar-refractivity contribution in [3.63, 3.8) is 0 Å². The van der Waals surface area contributed by atoms with Crippen LogP contribution in [-0.2, 0) is 14.8 Å². The van der Waals surface area contributed by atoms with Crippen molar-refractivity contribution in [2.45, 2.75) is 31.3 Å². The highest BCUT2D eigenvalue weighted by Gasteiger charge is 2.35. The van der Waals surface area contributed by atoms with E-state index in [4.69, 9.17) is 4.74 Å². The summed E-state index contributed by atoms with van der Waals surface area (Å²) in [4.78, 5) is 18.3. The average molecular weight is 415 g/mol. The highest BCUT2D eigenvalue weighted by Crippen LogP contribution is 2.24. The fraction of sp³-hybridized carbons (Fsp3) is 0.667. The minimum absolute atomic E-state index is 0.0984. The molecule has 0 radical (unpaired) electrons. The largest absolute Gasteiger partial charge is 0.381 e. The maximum atomic E-state index is 13.7. The maximum absolute atomic E-state index is 13.7. The molecule has 1 atom stereocenters. The third-order valence-corrected chi connectivity index (χ3v) is 6.62. The van der Waals surface area contributed by atoms with E-state index in [1.165, 1.54) is 28.9 Å². The van der Waals surface area contributed by atoms with Crippen molar-refractivity contribution < 1.29 is 22.3 Å². The second kappa shape index (κ2) is 9.25. The first-order valence-electron chi connectivity index (χ1n) is 9.53. The van der Waals surface area contributed by atoms with E-state index in [1.807, 2.05) is 0 Å². The summed E-state index contributed by atoms with van der Waals surface area (Å²) in [5.74, 6) is -1.20. The van der Waals surface area contributed by atoms with Gasteiger partial charge in [-0.2, -0.15) is 0 Å². The molecule has 0 spiro atoms. The lowest BCUT2D eigenvalue weighted by molar-refractivity contribution is 0.0194. The van der Waals surface area contributed by atoms with Gasteiger partial charge in [-0.15, -0.1) is 0 Å². The number of hydrogen-bond acceptors (Lipinski definition) is 6. The molecular weight excluding hydrogens is 387 g/mol. The standard InChI is InChI=1S/C18H27FN4O4S/c1-28(25,26)22-9-4-15(13-22)23(14-5-11-27-12-6-14)10-8-21-18(24)17-16(19)3-2-7-20-17/h2-3,7,14-15H,4-6,8-13H2,1H3,(H,21,24). The third-order valence-electron chi connectivity index (χ3n) is 5.35. The molecule has 1 N–H and O–H groups in total. The normalized spacial score (nSPS) is 21.9. The number of nitrogens with one attached hydrogen (secondary N) is 1. The van der Waals surface area contributed by atoms with Gasteiger partial charge < -0.3 is 10.1 Å². The van der Waals surface area contributed by atoms with Gasteiger partial charge in [-0.3, -0.25) is 9.69 Å². The van der Waals surface area contributed by atoms with Crippen LogP contribution in [0.3, 0.4) is 0 Å². The molecule has 2 aliphatic rings. The Hall–Kier alpha value is -1.62. The van der Waals surface area contributed by atoms with Crippen LogP contribution >= 0.6 is 0 Å². The highest BCUT2D eigenvalue weighted by atomic mass is 32.2. The van der Waals surface area contributed by atoms with Crippen molar-refractivity contribution >= 4 is 15.9 Å². The zero-order valence-corrected chi connectivity index (χ0v) is 16.8. The van der Waals surface area contributed by atoms with E-state index in [9.17, 15) is 17.6 Å². The average Bonchev–Trinajstić information content (AvgIpc) is 3.16. The number of carbonyl (C=O) groups is 1. The molecule has 0 aliphatic carbocycles. The summed E-state index contributed by atoms with van der Waals surface area (Å²) in [5.41, 5.74) is -0.218. The first-order chi connectivity index (χ1) is 13.4. The maximum Gasteiger partial charge on any atom is 0.272 e. The molecule has 1 unspecified atom stereocenters. The van der Waals surface area contributed by atoms with E-state index in [-0.39, 0.29) is 17.8 Å². The van der Waals surface area contributed by atoms with Gasteiger partial charge in [0, 0.05) is 57.7 Å². The van der Waals surface area contributed by atoms with Gasteiger partial charge in [-0.25, -0.2) is 22.1 Å². The molecule has 0 aromatic carbocycles. The molecule has 156 valence electrons. The number of rotatable bonds is 7. The molecule has 1 aromatic rings. The van der Waals surface area contributed by atoms with Gasteiger partial charge in [0.15, 0.2) is 11.5 Å². The van der Waals surface area contributed by atoms with Crippen molar-refractivity contribution in [3.8, 4) is 0 Å². The summed E-state index contributed by atoms with van der Waals surface area (Å²) in [6, 6.07) is 3.02. The molecule has 3 rings (SSSR count). The molecule has 1 aromatic heterocycles. The predicted molar refractivity (Wildman–Crippen MR) is 102 cm³/mol. The summed E-state index contributed by atoms with van der Waals surface area (Å²) in [5, 5.41) is 2.73. The van der Waals surface area contributed by atoms with Crippen LogP contribution in [0.1, 0.15) is 29.8 Å². The minimum Gasteiger partial charge on any atom is -0.381 e. The van der Waals surface area contributed by atoms with Crippen LogP contribution in [0.5, 0.6) is 0 Å². The van der Waals surface area contributed by atoms with Crippen LogP contribution in [-0.4, -0.2) is 86.2 Å². The molecule has 1 amide bonds. The number of sulfonamides is 1. The number of aromatic nitrogens is 1. The second-order valence-corrected chi connectivity index (χ2v) is 9.22. The molecule has 0 bridgehead atoms. The Morgan fingerprint density at radius 3 is 2.75 bits per heavy atom. The lowest BCUT2D eigenvalue weighted by Crippen LogP contribution is -2.50. The van der Waals surface area contributed by atoms with Crippen molar-refractivity contribution in [2.75, 3.05) is 45.6 Å². The number of amides is 1. The van der Waals surface area contributed by atoms with E-state index in [0.717, 1.165) is 19.3 Å². The SMILES string of the molecule is CS(=O)(=O)N1CCC(N(CCNC(=O)c2ncccc2F)C2CCOCC2)C1. The van der Waals surface area contributed by atoms with Gasteiger partial charge in [0.05, 0.1) is 6.26 Å². The number of pyridine rings is 1. The molecule has 3 heterocycles. The van der Waals surface area contributed by atoms with E-state index in [0.29, 0.717) is 39.4 Å². The van der Waals surface area contributed by atoms with Crippen molar-refractivity contribution in [2.24, 2.45) is 0 Å². The molecule has 2 saturated heterocycles. The Kier molecular flexibility index (Phi) is 6.97. The zero-order chi connectivity index (χ0) is 20.1. The molecular formula is C18H27FN4O4S. The smallest absolute Gasteiger partial charge is 0.272 e. The first-order valence-corrected chi connectivity index (χ1v) is 11.4. The lowest BCUT2D eigenvalue weighted by atomic mass is 10.0. The predicted octanol–water partition coefficient (Wildman–Crippen LogP) is 0.465. The lowest BCUT2D eigenvalue weighted by Gasteiger charge is -2.38. The van der Waals surface area contributed by atoms with Crippen molar-refractivity contribution in [3.05, 3.63) is 29.8 Å². The molecule has 2 fully saturated rings. The van der Waals surface area contributed by atoms with Gasteiger partial charge in [0.1, 0.15) is 0 Å². The van der Waals surface area contributed by atoms with Crippen LogP contribution in [0, 0.1) is 5.82 Å². The van der Waals surface area contributed by atoms with E-state index < -0.39 is 21.7 Å². The Bertz CT molecular complexity index is 786. The van der Waals surface area contributed by atoms with Crippen LogP contribution in [0.2, 0.25) is 0 Å². The third kappa shape index (κ3) is 5.25. The van der Waals surface area contributed by atoms with Gasteiger partial charge in [0.2, 0.25) is 10.0 Å². The van der Waals surface area contributed by atoms with Gasteiger partial charge in [0.25, 0.3) is 5.91 Å². The molecule has 2 aliphatic heterocycles. The number of ether oxygens (including phenoxy) is 1. The minimum atomic E-state index is -3.21. The monoisotopic (exact) mass is 414 g/mol. The van der Waals surface area contributed by atoms with Crippen LogP contribution in [0.15, 0.2) is 18.3 Å². The van der Waals surface area contributed by atoms with Gasteiger partial charge in [-0.1, -0.05) is 0 Å². The van der Waals surface area contributed by atoms with Crippen LogP contribution < -0.4 is 5.32 Å². The van der Waals surface area contributed by atoms with Crippen molar-refractivity contribution in [1.82, 2.24) is 19.5 Å². The summed E-state index contributed by atoms with van der Waals surface area (Å²) in [6.07, 6.45) is 5.12. The van der Waals surface area contributed by atoms with E-state index in [2.05, 4.69) is 15.2 Å². The Morgan fingerprint density at radius 2 is 2.11 bits per heavy atom. The van der Waals surface area contributed by atoms with Gasteiger partial charge in [-0.05, 0) is 31.4 Å². The number of nitrogens with zero attached hydrogens (tertiary/aromatic N) is 3. The van der Waals surface area contributed by atoms with Crippen molar-refractivity contribution in [1.29, 1.82) is 0 Å². The number of hydrogen-bond donors (Lipinski definition) is 1. The fourth-order valence-electron chi connectivity index (χ4n) is 3.90. The van der Waals surface area contributed by atoms with E-state index >= 15 is 0 Å². The zero-order valence-electron chi connectivity index (χ0n) is 16.0. The Morgan fingerprint density at radius 1 is 1.36 bits per heavy atom. The number of halogens is 1.